The van der Waals surface area contributed by atoms with Gasteiger partial charge in [0.15, 0.2) is 0 Å². The second-order valence-corrected chi connectivity index (χ2v) is 9.20. The average Bonchev–Trinajstić information content (AvgIpc) is 2.76. The molecule has 6 nitrogen and oxygen atoms in total. The second kappa shape index (κ2) is 9.95. The lowest BCUT2D eigenvalue weighted by Gasteiger charge is -2.37. The zero-order valence-electron chi connectivity index (χ0n) is 19.0. The molecule has 0 aromatic heterocycles. The Labute approximate surface area is 199 Å². The Morgan fingerprint density at radius 3 is 2.21 bits per heavy atom. The van der Waals surface area contributed by atoms with E-state index in [1.165, 1.54) is 12.1 Å². The third kappa shape index (κ3) is 6.35. The van der Waals surface area contributed by atoms with Crippen LogP contribution in [-0.4, -0.2) is 28.7 Å². The first kappa shape index (κ1) is 24.8. The van der Waals surface area contributed by atoms with Gasteiger partial charge >= 0.3 is 7.48 Å². The molecular weight excluding hydrogens is 441 g/mol. The van der Waals surface area contributed by atoms with Crippen LogP contribution in [0.5, 0.6) is 5.75 Å². The van der Waals surface area contributed by atoms with E-state index in [2.05, 4.69) is 0 Å². The number of nitro groups is 1. The molecule has 0 unspecified atom stereocenters. The van der Waals surface area contributed by atoms with Gasteiger partial charge in [-0.25, -0.2) is 0 Å². The molecule has 171 valence electrons. The predicted molar refractivity (Wildman–Crippen MR) is 131 cm³/mol. The number of hydrogen-bond donors (Lipinski definition) is 1. The number of nitrogens with zero attached hydrogens (tertiary/aromatic N) is 1. The topological polar surface area (TPSA) is 81.8 Å². The largest absolute Gasteiger partial charge is 0.489 e. The van der Waals surface area contributed by atoms with Crippen molar-refractivity contribution < 1.29 is 19.4 Å². The number of benzene rings is 3. The minimum absolute atomic E-state index is 0.00262. The van der Waals surface area contributed by atoms with Crippen molar-refractivity contribution in [2.75, 3.05) is 0 Å². The smallest absolute Gasteiger partial charge is 0.330 e. The van der Waals surface area contributed by atoms with E-state index < -0.39 is 16.1 Å². The van der Waals surface area contributed by atoms with E-state index in [1.54, 1.807) is 51.7 Å². The lowest BCUT2D eigenvalue weighted by molar-refractivity contribution is -0.384. The number of non-ortho nitro benzene ring substituents is 1. The molecule has 1 N–H and O–H groups in total. The monoisotopic (exact) mass is 466 g/mol. The third-order valence-corrected chi connectivity index (χ3v) is 5.94. The molecule has 0 aliphatic heterocycles. The summed E-state index contributed by atoms with van der Waals surface area (Å²) in [4.78, 5) is 10.8. The standard InChI is InChI=1S/C25H26BClNO5/c1-24(2,29)25(3,4)33-26-19-7-12-22(13-8-19)32-16-18-15-21(28(30)31)11-14-23(18)17-5-9-20(27)10-6-17/h5-15,29H,16H2,1-4H3. The fourth-order valence-corrected chi connectivity index (χ4v) is 3.01. The van der Waals surface area contributed by atoms with Crippen molar-refractivity contribution in [3.05, 3.63) is 87.4 Å². The van der Waals surface area contributed by atoms with Gasteiger partial charge in [-0.05, 0) is 69.2 Å². The first-order valence-electron chi connectivity index (χ1n) is 10.5. The fraction of sp³-hybridized carbons (Fsp3) is 0.280. The summed E-state index contributed by atoms with van der Waals surface area (Å²) in [5.74, 6) is 0.613. The molecule has 0 saturated carbocycles. The molecule has 33 heavy (non-hydrogen) atoms. The van der Waals surface area contributed by atoms with Crippen molar-refractivity contribution in [3.8, 4) is 16.9 Å². The van der Waals surface area contributed by atoms with Gasteiger partial charge in [-0.3, -0.25) is 10.1 Å². The maximum atomic E-state index is 11.3. The van der Waals surface area contributed by atoms with Gasteiger partial charge in [0, 0.05) is 22.7 Å². The summed E-state index contributed by atoms with van der Waals surface area (Å²) in [5, 5.41) is 22.1. The zero-order chi connectivity index (χ0) is 24.2. The van der Waals surface area contributed by atoms with Crippen LogP contribution in [-0.2, 0) is 11.3 Å². The maximum absolute atomic E-state index is 11.3. The van der Waals surface area contributed by atoms with Crippen molar-refractivity contribution >= 4 is 30.2 Å². The maximum Gasteiger partial charge on any atom is 0.330 e. The molecule has 0 spiro atoms. The van der Waals surface area contributed by atoms with Gasteiger partial charge in [-0.15, -0.1) is 0 Å². The van der Waals surface area contributed by atoms with Crippen molar-refractivity contribution in [2.45, 2.75) is 45.5 Å². The summed E-state index contributed by atoms with van der Waals surface area (Å²) in [5.41, 5.74) is 1.47. The molecular formula is C25H26BClNO5. The molecule has 0 amide bonds. The van der Waals surface area contributed by atoms with E-state index in [9.17, 15) is 15.2 Å². The molecule has 3 aromatic rings. The second-order valence-electron chi connectivity index (χ2n) is 8.77. The Bertz CT molecular complexity index is 1110. The van der Waals surface area contributed by atoms with Crippen molar-refractivity contribution in [3.63, 3.8) is 0 Å². The van der Waals surface area contributed by atoms with E-state index >= 15 is 0 Å². The lowest BCUT2D eigenvalue weighted by atomic mass is 9.82. The summed E-state index contributed by atoms with van der Waals surface area (Å²) in [6, 6.07) is 19.3. The number of nitro benzene ring substituents is 1. The summed E-state index contributed by atoms with van der Waals surface area (Å²) in [6.45, 7) is 7.19. The molecule has 0 bridgehead atoms. The SMILES string of the molecule is CC(C)(O)C(C)(C)O[B]c1ccc(OCc2cc([N+](=O)[O-])ccc2-c2ccc(Cl)cc2)cc1. The van der Waals surface area contributed by atoms with Gasteiger partial charge in [0.05, 0.1) is 16.1 Å². The first-order valence-corrected chi connectivity index (χ1v) is 10.8. The van der Waals surface area contributed by atoms with Crippen LogP contribution in [0.1, 0.15) is 33.3 Å². The van der Waals surface area contributed by atoms with Crippen LogP contribution in [0.4, 0.5) is 5.69 Å². The molecule has 0 aliphatic carbocycles. The van der Waals surface area contributed by atoms with Crippen LogP contribution in [0.2, 0.25) is 5.02 Å². The first-order chi connectivity index (χ1) is 15.5. The van der Waals surface area contributed by atoms with Crippen LogP contribution >= 0.6 is 11.6 Å². The molecule has 3 aromatic carbocycles. The predicted octanol–water partition coefficient (Wildman–Crippen LogP) is 5.30. The van der Waals surface area contributed by atoms with E-state index in [-0.39, 0.29) is 12.3 Å². The normalized spacial score (nSPS) is 11.8. The van der Waals surface area contributed by atoms with Crippen molar-refractivity contribution in [1.29, 1.82) is 0 Å². The molecule has 0 saturated heterocycles. The highest BCUT2D eigenvalue weighted by molar-refractivity contribution is 6.47. The summed E-state index contributed by atoms with van der Waals surface area (Å²) in [7, 11) is 1.60. The van der Waals surface area contributed by atoms with Gasteiger partial charge in [0.25, 0.3) is 5.69 Å². The van der Waals surface area contributed by atoms with E-state index in [1.807, 2.05) is 38.1 Å². The molecule has 0 atom stereocenters. The van der Waals surface area contributed by atoms with Crippen molar-refractivity contribution in [2.24, 2.45) is 0 Å². The van der Waals surface area contributed by atoms with Crippen LogP contribution in [0.3, 0.4) is 0 Å². The number of ether oxygens (including phenoxy) is 1. The van der Waals surface area contributed by atoms with Gasteiger partial charge in [-0.1, -0.05) is 41.3 Å². The molecule has 0 aliphatic rings. The fourth-order valence-electron chi connectivity index (χ4n) is 2.89. The summed E-state index contributed by atoms with van der Waals surface area (Å²) < 4.78 is 11.7. The average molecular weight is 467 g/mol. The van der Waals surface area contributed by atoms with Gasteiger partial charge in [-0.2, -0.15) is 0 Å². The summed E-state index contributed by atoms with van der Waals surface area (Å²) in [6.07, 6.45) is 0. The number of rotatable bonds is 9. The highest BCUT2D eigenvalue weighted by Gasteiger charge is 2.35. The quantitative estimate of drug-likeness (QED) is 0.263. The van der Waals surface area contributed by atoms with Crippen molar-refractivity contribution in [1.82, 2.24) is 0 Å². The van der Waals surface area contributed by atoms with Crippen LogP contribution < -0.4 is 10.2 Å². The minimum Gasteiger partial charge on any atom is -0.489 e. The molecule has 0 fully saturated rings. The van der Waals surface area contributed by atoms with Crippen LogP contribution in [0, 0.1) is 10.1 Å². The molecule has 0 heterocycles. The number of halogens is 1. The molecule has 3 rings (SSSR count). The minimum atomic E-state index is -1.01. The Kier molecular flexibility index (Phi) is 7.47. The van der Waals surface area contributed by atoms with E-state index in [0.717, 1.165) is 16.6 Å². The third-order valence-electron chi connectivity index (χ3n) is 5.69. The molecule has 1 radical (unpaired) electrons. The number of hydrogen-bond acceptors (Lipinski definition) is 5. The highest BCUT2D eigenvalue weighted by atomic mass is 35.5. The Balaban J connectivity index is 1.73. The Morgan fingerprint density at radius 1 is 1.00 bits per heavy atom. The van der Waals surface area contributed by atoms with E-state index in [0.29, 0.717) is 16.3 Å². The van der Waals surface area contributed by atoms with Gasteiger partial charge < -0.3 is 14.5 Å². The van der Waals surface area contributed by atoms with Gasteiger partial charge in [0.1, 0.15) is 12.4 Å². The Morgan fingerprint density at radius 2 is 1.64 bits per heavy atom. The summed E-state index contributed by atoms with van der Waals surface area (Å²) >= 11 is 5.99. The Hall–Kier alpha value is -2.87. The molecule has 8 heteroatoms. The van der Waals surface area contributed by atoms with Crippen LogP contribution in [0.15, 0.2) is 66.7 Å². The highest BCUT2D eigenvalue weighted by Crippen LogP contribution is 2.29. The zero-order valence-corrected chi connectivity index (χ0v) is 19.8. The van der Waals surface area contributed by atoms with E-state index in [4.69, 9.17) is 21.0 Å². The van der Waals surface area contributed by atoms with Gasteiger partial charge in [0.2, 0.25) is 0 Å². The number of aliphatic hydroxyl groups is 1. The lowest BCUT2D eigenvalue weighted by Crippen LogP contribution is -2.49. The van der Waals surface area contributed by atoms with Crippen LogP contribution in [0.25, 0.3) is 11.1 Å².